The minimum absolute atomic E-state index is 0.0306. The Morgan fingerprint density at radius 1 is 1.11 bits per heavy atom. The first kappa shape index (κ1) is 18.7. The Kier molecular flexibility index (Phi) is 5.15. The number of nitrogens with zero attached hydrogens (tertiary/aromatic N) is 2. The van der Waals surface area contributed by atoms with Crippen LogP contribution in [0.3, 0.4) is 0 Å². The zero-order valence-electron chi connectivity index (χ0n) is 16.3. The number of benzene rings is 2. The number of hydrogen-bond acceptors (Lipinski definition) is 4. The number of hydrazine groups is 1. The molecule has 2 N–H and O–H groups in total. The number of anilines is 2. The summed E-state index contributed by atoms with van der Waals surface area (Å²) in [6, 6.07) is 17.1. The van der Waals surface area contributed by atoms with E-state index in [0.29, 0.717) is 13.1 Å². The summed E-state index contributed by atoms with van der Waals surface area (Å²) < 4.78 is 0. The van der Waals surface area contributed by atoms with Crippen LogP contribution in [-0.4, -0.2) is 42.4 Å². The van der Waals surface area contributed by atoms with Gasteiger partial charge in [0.05, 0.1) is 23.6 Å². The van der Waals surface area contributed by atoms with Crippen molar-refractivity contribution < 1.29 is 9.59 Å². The Bertz CT molecular complexity index is 870. The molecule has 0 spiro atoms. The number of aryl methyl sites for hydroxylation is 1. The topological polar surface area (TPSA) is 64.7 Å². The molecule has 3 atom stereocenters. The van der Waals surface area contributed by atoms with E-state index in [1.54, 1.807) is 5.01 Å². The van der Waals surface area contributed by atoms with Crippen LogP contribution in [0.25, 0.3) is 0 Å². The average molecular weight is 378 g/mol. The number of fused-ring (bicyclic) bond motifs is 1. The van der Waals surface area contributed by atoms with Crippen LogP contribution in [0, 0.1) is 18.8 Å². The summed E-state index contributed by atoms with van der Waals surface area (Å²) in [6.45, 7) is 6.17. The molecule has 0 aliphatic carbocycles. The summed E-state index contributed by atoms with van der Waals surface area (Å²) in [7, 11) is 0. The van der Waals surface area contributed by atoms with Crippen LogP contribution in [0.2, 0.25) is 0 Å². The molecule has 2 aromatic rings. The van der Waals surface area contributed by atoms with Gasteiger partial charge in [-0.05, 0) is 37.2 Å². The van der Waals surface area contributed by atoms with Gasteiger partial charge < -0.3 is 10.2 Å². The van der Waals surface area contributed by atoms with Crippen LogP contribution in [0.15, 0.2) is 54.6 Å². The molecular formula is C22H26N4O2. The van der Waals surface area contributed by atoms with Gasteiger partial charge in [-0.15, -0.1) is 0 Å². The first-order chi connectivity index (χ1) is 13.6. The Morgan fingerprint density at radius 3 is 2.54 bits per heavy atom. The second-order valence-electron chi connectivity index (χ2n) is 7.53. The molecule has 2 saturated heterocycles. The summed E-state index contributed by atoms with van der Waals surface area (Å²) in [4.78, 5) is 28.4. The van der Waals surface area contributed by atoms with Gasteiger partial charge >= 0.3 is 0 Å². The molecule has 2 heterocycles. The van der Waals surface area contributed by atoms with Crippen LogP contribution in [0.1, 0.15) is 12.5 Å². The maximum atomic E-state index is 13.2. The first-order valence-electron chi connectivity index (χ1n) is 9.82. The van der Waals surface area contributed by atoms with Gasteiger partial charge in [-0.25, -0.2) is 10.4 Å². The largest absolute Gasteiger partial charge is 0.326 e. The lowest BCUT2D eigenvalue weighted by atomic mass is 9.84. The van der Waals surface area contributed by atoms with Gasteiger partial charge in [0.25, 0.3) is 0 Å². The third-order valence-corrected chi connectivity index (χ3v) is 5.79. The molecule has 2 aliphatic rings. The molecule has 0 saturated carbocycles. The van der Waals surface area contributed by atoms with Crippen molar-refractivity contribution in [2.75, 3.05) is 30.0 Å². The smallest absolute Gasteiger partial charge is 0.247 e. The molecule has 0 radical (unpaired) electrons. The quantitative estimate of drug-likeness (QED) is 0.858. The second kappa shape index (κ2) is 7.73. The van der Waals surface area contributed by atoms with E-state index < -0.39 is 0 Å². The lowest BCUT2D eigenvalue weighted by Gasteiger charge is -2.37. The van der Waals surface area contributed by atoms with Gasteiger partial charge in [-0.2, -0.15) is 0 Å². The highest BCUT2D eigenvalue weighted by molar-refractivity contribution is 6.00. The number of carbonyl (C=O) groups excluding carboxylic acids is 2. The predicted molar refractivity (Wildman–Crippen MR) is 110 cm³/mol. The van der Waals surface area contributed by atoms with Crippen LogP contribution in [0.4, 0.5) is 11.4 Å². The van der Waals surface area contributed by atoms with Gasteiger partial charge in [0.2, 0.25) is 11.8 Å². The van der Waals surface area contributed by atoms with Crippen molar-refractivity contribution >= 4 is 23.2 Å². The highest BCUT2D eigenvalue weighted by Crippen LogP contribution is 2.32. The number of hydrogen-bond donors (Lipinski definition) is 2. The van der Waals surface area contributed by atoms with E-state index >= 15 is 0 Å². The number of amides is 2. The average Bonchev–Trinajstić information content (AvgIpc) is 3.06. The van der Waals surface area contributed by atoms with E-state index in [2.05, 4.69) is 22.6 Å². The molecule has 2 aromatic carbocycles. The zero-order valence-corrected chi connectivity index (χ0v) is 16.3. The number of para-hydroxylation sites is 2. The highest BCUT2D eigenvalue weighted by atomic mass is 16.2. The van der Waals surface area contributed by atoms with Crippen molar-refractivity contribution in [2.24, 2.45) is 11.8 Å². The van der Waals surface area contributed by atoms with Gasteiger partial charge in [-0.3, -0.25) is 9.59 Å². The number of rotatable bonds is 4. The molecule has 2 fully saturated rings. The van der Waals surface area contributed by atoms with Gasteiger partial charge in [-0.1, -0.05) is 43.3 Å². The fraction of sp³-hybridized carbons (Fsp3) is 0.364. The predicted octanol–water partition coefficient (Wildman–Crippen LogP) is 2.42. The standard InChI is InChI=1S/C22H26N4O2/c1-3-25-13-17(21(27)23-19-12-8-7-9-15(19)2)20-18(14-25)22(28)26(24-20)16-10-5-4-6-11-16/h4-12,17-18,20,24H,3,13-14H2,1-2H3,(H,23,27). The fourth-order valence-electron chi connectivity index (χ4n) is 4.15. The van der Waals surface area contributed by atoms with E-state index in [4.69, 9.17) is 0 Å². The van der Waals surface area contributed by atoms with Crippen molar-refractivity contribution in [3.63, 3.8) is 0 Å². The van der Waals surface area contributed by atoms with Crippen LogP contribution in [0.5, 0.6) is 0 Å². The van der Waals surface area contributed by atoms with Crippen molar-refractivity contribution in [3.8, 4) is 0 Å². The molecule has 146 valence electrons. The Morgan fingerprint density at radius 2 is 1.82 bits per heavy atom. The van der Waals surface area contributed by atoms with Crippen LogP contribution in [-0.2, 0) is 9.59 Å². The van der Waals surface area contributed by atoms with Crippen LogP contribution >= 0.6 is 0 Å². The lowest BCUT2D eigenvalue weighted by molar-refractivity contribution is -0.126. The first-order valence-corrected chi connectivity index (χ1v) is 9.82. The third kappa shape index (κ3) is 3.41. The van der Waals surface area contributed by atoms with Gasteiger partial charge in [0, 0.05) is 18.8 Å². The normalized spacial score (nSPS) is 24.9. The monoisotopic (exact) mass is 378 g/mol. The van der Waals surface area contributed by atoms with Gasteiger partial charge in [0.15, 0.2) is 0 Å². The Labute approximate surface area is 165 Å². The minimum atomic E-state index is -0.309. The Hall–Kier alpha value is -2.70. The molecule has 3 unspecified atom stereocenters. The molecule has 0 aromatic heterocycles. The molecular weight excluding hydrogens is 352 g/mol. The molecule has 2 aliphatic heterocycles. The summed E-state index contributed by atoms with van der Waals surface area (Å²) in [6.07, 6.45) is 0. The number of likely N-dealkylation sites (tertiary alicyclic amines) is 1. The number of carbonyl (C=O) groups is 2. The second-order valence-corrected chi connectivity index (χ2v) is 7.53. The summed E-state index contributed by atoms with van der Waals surface area (Å²) in [5.41, 5.74) is 5.99. The number of nitrogens with one attached hydrogen (secondary N) is 2. The van der Waals surface area contributed by atoms with E-state index in [1.807, 2.05) is 61.5 Å². The maximum absolute atomic E-state index is 13.2. The van der Waals surface area contributed by atoms with E-state index in [-0.39, 0.29) is 29.7 Å². The van der Waals surface area contributed by atoms with E-state index in [0.717, 1.165) is 23.5 Å². The number of piperidine rings is 1. The highest BCUT2D eigenvalue weighted by Gasteiger charge is 2.50. The van der Waals surface area contributed by atoms with Gasteiger partial charge in [0.1, 0.15) is 0 Å². The lowest BCUT2D eigenvalue weighted by Crippen LogP contribution is -2.55. The Balaban J connectivity index is 1.59. The van der Waals surface area contributed by atoms with Crippen LogP contribution < -0.4 is 15.8 Å². The molecule has 6 heteroatoms. The molecule has 28 heavy (non-hydrogen) atoms. The third-order valence-electron chi connectivity index (χ3n) is 5.79. The summed E-state index contributed by atoms with van der Waals surface area (Å²) in [5.74, 6) is -0.557. The molecule has 0 bridgehead atoms. The SMILES string of the molecule is CCN1CC(C(=O)Nc2ccccc2C)C2NN(c3ccccc3)C(=O)C2C1. The van der Waals surface area contributed by atoms with Crippen molar-refractivity contribution in [1.82, 2.24) is 10.3 Å². The molecule has 2 amide bonds. The van der Waals surface area contributed by atoms with E-state index in [9.17, 15) is 9.59 Å². The summed E-state index contributed by atoms with van der Waals surface area (Å²) >= 11 is 0. The van der Waals surface area contributed by atoms with Crippen molar-refractivity contribution in [1.29, 1.82) is 0 Å². The van der Waals surface area contributed by atoms with Crippen molar-refractivity contribution in [2.45, 2.75) is 19.9 Å². The minimum Gasteiger partial charge on any atom is -0.326 e. The zero-order chi connectivity index (χ0) is 19.7. The maximum Gasteiger partial charge on any atom is 0.247 e. The van der Waals surface area contributed by atoms with E-state index in [1.165, 1.54) is 0 Å². The summed E-state index contributed by atoms with van der Waals surface area (Å²) in [5, 5.41) is 4.68. The molecule has 6 nitrogen and oxygen atoms in total. The fourth-order valence-corrected chi connectivity index (χ4v) is 4.15. The molecule has 4 rings (SSSR count). The van der Waals surface area contributed by atoms with Crippen molar-refractivity contribution in [3.05, 3.63) is 60.2 Å².